The van der Waals surface area contributed by atoms with E-state index in [1.807, 2.05) is 0 Å². The average Bonchev–Trinajstić information content (AvgIpc) is 1.91. The fraction of sp³-hybridized carbons (Fsp3) is 0.455. The molecule has 0 heterocycles. The minimum absolute atomic E-state index is 0.395. The van der Waals surface area contributed by atoms with Gasteiger partial charge in [0.2, 0.25) is 0 Å². The van der Waals surface area contributed by atoms with Crippen LogP contribution >= 0.6 is 0 Å². The van der Waals surface area contributed by atoms with Crippen LogP contribution in [-0.2, 0) is 6.42 Å². The standard InChI is InChI=1S/C11H15.Li/c1-11(2,3)9-10-7-5-4-6-8-10;/h4-7H,9H2,1-3H3;. The van der Waals surface area contributed by atoms with Crippen LogP contribution in [0.1, 0.15) is 26.3 Å². The van der Waals surface area contributed by atoms with Gasteiger partial charge in [0.05, 0.1) is 0 Å². The second-order valence-electron chi connectivity index (χ2n) is 4.66. The van der Waals surface area contributed by atoms with Crippen LogP contribution in [0.15, 0.2) is 24.3 Å². The van der Waals surface area contributed by atoms with E-state index in [0.717, 1.165) is 0 Å². The third kappa shape index (κ3) is 3.05. The van der Waals surface area contributed by atoms with E-state index in [9.17, 15) is 0 Å². The van der Waals surface area contributed by atoms with Crippen LogP contribution in [-0.4, -0.2) is 17.7 Å². The summed E-state index contributed by atoms with van der Waals surface area (Å²) in [6, 6.07) is 8.62. The van der Waals surface area contributed by atoms with Crippen LogP contribution in [0.25, 0.3) is 0 Å². The van der Waals surface area contributed by atoms with Crippen molar-refractivity contribution in [1.29, 1.82) is 0 Å². The summed E-state index contributed by atoms with van der Waals surface area (Å²) in [7, 11) is 0. The first-order valence-corrected chi connectivity index (χ1v) is 4.53. The molecule has 1 rings (SSSR count). The molecule has 60 valence electrons. The van der Waals surface area contributed by atoms with Gasteiger partial charge in [-0.3, -0.25) is 0 Å². The first kappa shape index (κ1) is 9.90. The average molecular weight is 154 g/mol. The molecule has 0 aromatic heterocycles. The minimum atomic E-state index is 0.395. The van der Waals surface area contributed by atoms with Gasteiger partial charge in [0.15, 0.2) is 0 Å². The van der Waals surface area contributed by atoms with Crippen molar-refractivity contribution in [2.24, 2.45) is 5.41 Å². The number of hydrogen-bond acceptors (Lipinski definition) is 0. The second-order valence-corrected chi connectivity index (χ2v) is 4.66. The van der Waals surface area contributed by atoms with Gasteiger partial charge in [0, 0.05) is 0 Å². The summed E-state index contributed by atoms with van der Waals surface area (Å²) in [6.45, 7) is 6.83. The second kappa shape index (κ2) is 3.69. The van der Waals surface area contributed by atoms with Gasteiger partial charge in [0.1, 0.15) is 0 Å². The molecular weight excluding hydrogens is 139 g/mol. The predicted molar refractivity (Wildman–Crippen MR) is 55.0 cm³/mol. The summed E-state index contributed by atoms with van der Waals surface area (Å²) in [5.41, 5.74) is 1.87. The molecule has 1 aromatic carbocycles. The van der Waals surface area contributed by atoms with Gasteiger partial charge < -0.3 is 0 Å². The maximum absolute atomic E-state index is 2.28. The van der Waals surface area contributed by atoms with E-state index in [-0.39, 0.29) is 0 Å². The molecule has 0 saturated heterocycles. The van der Waals surface area contributed by atoms with E-state index >= 15 is 0 Å². The first-order chi connectivity index (χ1) is 5.49. The maximum atomic E-state index is 2.28. The van der Waals surface area contributed by atoms with Gasteiger partial charge in [-0.25, -0.2) is 0 Å². The van der Waals surface area contributed by atoms with E-state index in [1.165, 1.54) is 16.2 Å². The molecule has 0 aliphatic rings. The third-order valence-electron chi connectivity index (χ3n) is 1.98. The predicted octanol–water partition coefficient (Wildman–Crippen LogP) is 2.07. The summed E-state index contributed by atoms with van der Waals surface area (Å²) in [4.78, 5) is 0. The van der Waals surface area contributed by atoms with Crippen molar-refractivity contribution in [3.05, 3.63) is 29.8 Å². The van der Waals surface area contributed by atoms with Gasteiger partial charge in [-0.05, 0) is 0 Å². The molecule has 1 heteroatoms. The van der Waals surface area contributed by atoms with Crippen molar-refractivity contribution in [3.63, 3.8) is 0 Å². The van der Waals surface area contributed by atoms with Gasteiger partial charge in [-0.2, -0.15) is 0 Å². The van der Waals surface area contributed by atoms with Crippen molar-refractivity contribution in [1.82, 2.24) is 0 Å². The first-order valence-electron chi connectivity index (χ1n) is 4.53. The van der Waals surface area contributed by atoms with Crippen LogP contribution < -0.4 is 4.24 Å². The molecule has 0 unspecified atom stereocenters. The van der Waals surface area contributed by atoms with Crippen LogP contribution in [0, 0.1) is 5.41 Å². The van der Waals surface area contributed by atoms with Crippen LogP contribution in [0.5, 0.6) is 0 Å². The molecule has 0 nitrogen and oxygen atoms in total. The summed E-state index contributed by atoms with van der Waals surface area (Å²) in [5.74, 6) is 0. The van der Waals surface area contributed by atoms with Crippen LogP contribution in [0.3, 0.4) is 0 Å². The Labute approximate surface area is 84.6 Å². The van der Waals surface area contributed by atoms with Gasteiger partial charge in [-0.1, -0.05) is 0 Å². The van der Waals surface area contributed by atoms with Crippen molar-refractivity contribution in [2.75, 3.05) is 0 Å². The number of benzene rings is 1. The molecule has 0 bridgehead atoms. The third-order valence-corrected chi connectivity index (χ3v) is 1.98. The van der Waals surface area contributed by atoms with Crippen molar-refractivity contribution in [3.8, 4) is 0 Å². The molecule has 12 heavy (non-hydrogen) atoms. The van der Waals surface area contributed by atoms with Crippen molar-refractivity contribution >= 4 is 22.0 Å². The fourth-order valence-corrected chi connectivity index (χ4v) is 1.38. The number of rotatable bonds is 1. The zero-order chi connectivity index (χ0) is 9.19. The van der Waals surface area contributed by atoms with Crippen molar-refractivity contribution in [2.45, 2.75) is 27.2 Å². The van der Waals surface area contributed by atoms with E-state index in [1.54, 1.807) is 0 Å². The van der Waals surface area contributed by atoms with Crippen molar-refractivity contribution < 1.29 is 0 Å². The summed E-state index contributed by atoms with van der Waals surface area (Å²) in [5, 5.41) is 0. The molecule has 0 spiro atoms. The van der Waals surface area contributed by atoms with Gasteiger partial charge in [0.25, 0.3) is 0 Å². The Hall–Kier alpha value is -0.183. The van der Waals surface area contributed by atoms with E-state index in [2.05, 4.69) is 62.8 Å². The normalized spacial score (nSPS) is 11.8. The molecule has 1 aromatic rings. The fourth-order valence-electron chi connectivity index (χ4n) is 1.38. The topological polar surface area (TPSA) is 0 Å². The Bertz CT molecular complexity index is 258. The Morgan fingerprint density at radius 1 is 1.17 bits per heavy atom. The molecule has 0 fully saturated rings. The Kier molecular flexibility index (Phi) is 3.04. The van der Waals surface area contributed by atoms with E-state index in [0.29, 0.717) is 5.41 Å². The number of hydrogen-bond donors (Lipinski definition) is 0. The van der Waals surface area contributed by atoms with Gasteiger partial charge in [-0.15, -0.1) is 0 Å². The summed E-state index contributed by atoms with van der Waals surface area (Å²) >= 11 is 2.18. The van der Waals surface area contributed by atoms with Crippen LogP contribution in [0.2, 0.25) is 0 Å². The quantitative estimate of drug-likeness (QED) is 0.543. The molecular formula is C11H15Li. The molecule has 0 amide bonds. The Morgan fingerprint density at radius 2 is 1.75 bits per heavy atom. The SMILES string of the molecule is [Li][c]1ccccc1CC(C)(C)C. The molecule has 0 saturated carbocycles. The molecule has 0 aliphatic heterocycles. The molecule has 0 atom stereocenters. The molecule has 0 radical (unpaired) electrons. The summed E-state index contributed by atoms with van der Waals surface area (Å²) < 4.78 is 1.41. The zero-order valence-corrected chi connectivity index (χ0v) is 8.52. The molecule has 0 N–H and O–H groups in total. The Morgan fingerprint density at radius 3 is 2.25 bits per heavy atom. The molecule has 0 aliphatic carbocycles. The van der Waals surface area contributed by atoms with Gasteiger partial charge >= 0.3 is 84.4 Å². The zero-order valence-electron chi connectivity index (χ0n) is 8.52. The Balaban J connectivity index is 2.83. The monoisotopic (exact) mass is 154 g/mol. The summed E-state index contributed by atoms with van der Waals surface area (Å²) in [6.07, 6.45) is 1.17. The van der Waals surface area contributed by atoms with Crippen LogP contribution in [0.4, 0.5) is 0 Å². The van der Waals surface area contributed by atoms with E-state index < -0.39 is 0 Å². The van der Waals surface area contributed by atoms with E-state index in [4.69, 9.17) is 0 Å².